The van der Waals surface area contributed by atoms with E-state index in [1.54, 1.807) is 0 Å². The van der Waals surface area contributed by atoms with Gasteiger partial charge in [-0.15, -0.1) is 0 Å². The smallest absolute Gasteiger partial charge is 0.310 e. The molecule has 0 saturated carbocycles. The van der Waals surface area contributed by atoms with Crippen molar-refractivity contribution in [3.63, 3.8) is 0 Å². The molecular formula is C15H28N2O2. The molecule has 2 aliphatic rings. The number of carbonyl (C=O) groups is 1. The molecule has 0 aromatic rings. The van der Waals surface area contributed by atoms with Gasteiger partial charge in [0, 0.05) is 19.1 Å². The number of piperidine rings is 2. The predicted octanol–water partition coefficient (Wildman–Crippen LogP) is 1.79. The molecule has 0 bridgehead atoms. The SMILES string of the molecule is CC(C)(C)OC(=O)[C@@H]1CNC[C@@H](N2CCCCC2)C1. The molecule has 4 nitrogen and oxygen atoms in total. The average Bonchev–Trinajstić information content (AvgIpc) is 2.38. The number of nitrogens with one attached hydrogen (secondary N) is 1. The summed E-state index contributed by atoms with van der Waals surface area (Å²) >= 11 is 0. The van der Waals surface area contributed by atoms with Crippen LogP contribution in [-0.4, -0.2) is 48.7 Å². The fraction of sp³-hybridized carbons (Fsp3) is 0.933. The highest BCUT2D eigenvalue weighted by molar-refractivity contribution is 5.73. The van der Waals surface area contributed by atoms with Gasteiger partial charge in [-0.2, -0.15) is 0 Å². The third-order valence-corrected chi connectivity index (χ3v) is 3.97. The Kier molecular flexibility index (Phi) is 4.85. The molecule has 0 aromatic carbocycles. The van der Waals surface area contributed by atoms with Gasteiger partial charge >= 0.3 is 5.97 Å². The van der Waals surface area contributed by atoms with Crippen LogP contribution in [0, 0.1) is 5.92 Å². The lowest BCUT2D eigenvalue weighted by atomic mass is 9.93. The summed E-state index contributed by atoms with van der Waals surface area (Å²) in [5.41, 5.74) is -0.380. The Hall–Kier alpha value is -0.610. The number of rotatable bonds is 2. The van der Waals surface area contributed by atoms with Gasteiger partial charge in [0.25, 0.3) is 0 Å². The fourth-order valence-electron chi connectivity index (χ4n) is 3.05. The molecule has 1 N–H and O–H groups in total. The highest BCUT2D eigenvalue weighted by Gasteiger charge is 2.33. The third kappa shape index (κ3) is 4.46. The molecule has 2 atom stereocenters. The molecule has 110 valence electrons. The highest BCUT2D eigenvalue weighted by atomic mass is 16.6. The highest BCUT2D eigenvalue weighted by Crippen LogP contribution is 2.22. The first-order chi connectivity index (χ1) is 8.96. The second-order valence-electron chi connectivity index (χ2n) is 6.87. The largest absolute Gasteiger partial charge is 0.460 e. The first-order valence-electron chi connectivity index (χ1n) is 7.63. The summed E-state index contributed by atoms with van der Waals surface area (Å²) in [6.45, 7) is 9.95. The Balaban J connectivity index is 1.87. The van der Waals surface area contributed by atoms with Crippen LogP contribution in [0.3, 0.4) is 0 Å². The van der Waals surface area contributed by atoms with Crippen molar-refractivity contribution in [1.29, 1.82) is 0 Å². The standard InChI is InChI=1S/C15H28N2O2/c1-15(2,3)19-14(18)12-9-13(11-16-10-12)17-7-5-4-6-8-17/h12-13,16H,4-11H2,1-3H3/t12-,13-/m0/s1. The van der Waals surface area contributed by atoms with Crippen molar-refractivity contribution in [3.8, 4) is 0 Å². The van der Waals surface area contributed by atoms with E-state index in [0.717, 1.165) is 19.5 Å². The van der Waals surface area contributed by atoms with Gasteiger partial charge in [0.15, 0.2) is 0 Å². The van der Waals surface area contributed by atoms with Gasteiger partial charge in [0.2, 0.25) is 0 Å². The van der Waals surface area contributed by atoms with E-state index in [1.807, 2.05) is 20.8 Å². The van der Waals surface area contributed by atoms with Crippen LogP contribution in [0.2, 0.25) is 0 Å². The first-order valence-corrected chi connectivity index (χ1v) is 7.63. The normalized spacial score (nSPS) is 30.1. The number of hydrogen-bond acceptors (Lipinski definition) is 4. The maximum absolute atomic E-state index is 12.2. The van der Waals surface area contributed by atoms with E-state index in [2.05, 4.69) is 10.2 Å². The number of likely N-dealkylation sites (tertiary alicyclic amines) is 1. The van der Waals surface area contributed by atoms with Gasteiger partial charge in [-0.25, -0.2) is 0 Å². The van der Waals surface area contributed by atoms with E-state index < -0.39 is 0 Å². The molecule has 2 aliphatic heterocycles. The van der Waals surface area contributed by atoms with Crippen molar-refractivity contribution in [1.82, 2.24) is 10.2 Å². The minimum absolute atomic E-state index is 0.0138. The molecule has 2 heterocycles. The predicted molar refractivity (Wildman–Crippen MR) is 76.0 cm³/mol. The summed E-state index contributed by atoms with van der Waals surface area (Å²) in [4.78, 5) is 14.7. The van der Waals surface area contributed by atoms with Crippen LogP contribution in [0.4, 0.5) is 0 Å². The molecule has 0 amide bonds. The minimum atomic E-state index is -0.380. The van der Waals surface area contributed by atoms with E-state index >= 15 is 0 Å². The zero-order valence-electron chi connectivity index (χ0n) is 12.6. The molecule has 4 heteroatoms. The average molecular weight is 268 g/mol. The summed E-state index contributed by atoms with van der Waals surface area (Å²) < 4.78 is 5.52. The summed E-state index contributed by atoms with van der Waals surface area (Å²) in [6, 6.07) is 0.506. The van der Waals surface area contributed by atoms with Crippen LogP contribution in [-0.2, 0) is 9.53 Å². The molecule has 0 aliphatic carbocycles. The van der Waals surface area contributed by atoms with Crippen LogP contribution >= 0.6 is 0 Å². The Morgan fingerprint density at radius 2 is 1.84 bits per heavy atom. The topological polar surface area (TPSA) is 41.6 Å². The number of esters is 1. The van der Waals surface area contributed by atoms with E-state index in [4.69, 9.17) is 4.74 Å². The number of ether oxygens (including phenoxy) is 1. The minimum Gasteiger partial charge on any atom is -0.460 e. The Morgan fingerprint density at radius 1 is 1.16 bits per heavy atom. The van der Waals surface area contributed by atoms with Gasteiger partial charge in [-0.1, -0.05) is 6.42 Å². The van der Waals surface area contributed by atoms with Crippen molar-refractivity contribution in [2.45, 2.75) is 58.1 Å². The lowest BCUT2D eigenvalue weighted by Crippen LogP contribution is -2.52. The van der Waals surface area contributed by atoms with Crippen LogP contribution in [0.15, 0.2) is 0 Å². The summed E-state index contributed by atoms with van der Waals surface area (Å²) in [5.74, 6) is -0.0263. The number of nitrogens with zero attached hydrogens (tertiary/aromatic N) is 1. The maximum Gasteiger partial charge on any atom is 0.310 e. The molecular weight excluding hydrogens is 240 g/mol. The van der Waals surface area contributed by atoms with Crippen molar-refractivity contribution in [2.75, 3.05) is 26.2 Å². The lowest BCUT2D eigenvalue weighted by molar-refractivity contribution is -0.161. The summed E-state index contributed by atoms with van der Waals surface area (Å²) in [7, 11) is 0. The molecule has 0 spiro atoms. The van der Waals surface area contributed by atoms with Crippen molar-refractivity contribution < 1.29 is 9.53 Å². The van der Waals surface area contributed by atoms with Gasteiger partial charge in [-0.3, -0.25) is 9.69 Å². The molecule has 2 saturated heterocycles. The molecule has 19 heavy (non-hydrogen) atoms. The van der Waals surface area contributed by atoms with Gasteiger partial charge in [-0.05, 0) is 53.1 Å². The monoisotopic (exact) mass is 268 g/mol. The van der Waals surface area contributed by atoms with Gasteiger partial charge in [0.05, 0.1) is 5.92 Å². The Bertz CT molecular complexity index is 306. The van der Waals surface area contributed by atoms with Crippen LogP contribution in [0.25, 0.3) is 0 Å². The quantitative estimate of drug-likeness (QED) is 0.775. The Labute approximate surface area is 116 Å². The fourth-order valence-corrected chi connectivity index (χ4v) is 3.05. The second kappa shape index (κ2) is 6.23. The van der Waals surface area contributed by atoms with E-state index in [0.29, 0.717) is 6.04 Å². The summed E-state index contributed by atoms with van der Waals surface area (Å²) in [6.07, 6.45) is 4.90. The van der Waals surface area contributed by atoms with E-state index in [1.165, 1.54) is 32.4 Å². The number of hydrogen-bond donors (Lipinski definition) is 1. The van der Waals surface area contributed by atoms with E-state index in [-0.39, 0.29) is 17.5 Å². The third-order valence-electron chi connectivity index (χ3n) is 3.97. The first kappa shape index (κ1) is 14.8. The maximum atomic E-state index is 12.2. The number of carbonyl (C=O) groups excluding carboxylic acids is 1. The Morgan fingerprint density at radius 3 is 2.47 bits per heavy atom. The zero-order chi connectivity index (χ0) is 13.9. The van der Waals surface area contributed by atoms with Crippen molar-refractivity contribution in [3.05, 3.63) is 0 Å². The van der Waals surface area contributed by atoms with Crippen LogP contribution in [0.1, 0.15) is 46.5 Å². The molecule has 0 unspecified atom stereocenters. The lowest BCUT2D eigenvalue weighted by Gasteiger charge is -2.39. The van der Waals surface area contributed by atoms with E-state index in [9.17, 15) is 4.79 Å². The molecule has 0 radical (unpaired) electrons. The molecule has 2 rings (SSSR count). The van der Waals surface area contributed by atoms with Crippen LogP contribution < -0.4 is 5.32 Å². The zero-order valence-corrected chi connectivity index (χ0v) is 12.6. The van der Waals surface area contributed by atoms with Gasteiger partial charge < -0.3 is 10.1 Å². The molecule has 0 aromatic heterocycles. The second-order valence-corrected chi connectivity index (χ2v) is 6.87. The van der Waals surface area contributed by atoms with Crippen molar-refractivity contribution in [2.24, 2.45) is 5.92 Å². The van der Waals surface area contributed by atoms with Gasteiger partial charge in [0.1, 0.15) is 5.60 Å². The summed E-state index contributed by atoms with van der Waals surface area (Å²) in [5, 5.41) is 3.41. The van der Waals surface area contributed by atoms with Crippen molar-refractivity contribution >= 4 is 5.97 Å². The molecule has 2 fully saturated rings. The van der Waals surface area contributed by atoms with Crippen LogP contribution in [0.5, 0.6) is 0 Å².